The molecule has 0 aromatic heterocycles. The van der Waals surface area contributed by atoms with E-state index < -0.39 is 0 Å². The maximum Gasteiger partial charge on any atom is 0.254 e. The van der Waals surface area contributed by atoms with Crippen LogP contribution in [0.5, 0.6) is 5.75 Å². The maximum atomic E-state index is 12.6. The Morgan fingerprint density at radius 3 is 2.40 bits per heavy atom. The Morgan fingerprint density at radius 2 is 1.76 bits per heavy atom. The zero-order valence-electron chi connectivity index (χ0n) is 14.7. The van der Waals surface area contributed by atoms with E-state index in [1.54, 1.807) is 7.11 Å². The van der Waals surface area contributed by atoms with Crippen molar-refractivity contribution in [3.63, 3.8) is 0 Å². The van der Waals surface area contributed by atoms with Gasteiger partial charge in [0.2, 0.25) is 0 Å². The Labute approximate surface area is 149 Å². The summed E-state index contributed by atoms with van der Waals surface area (Å²) in [6.45, 7) is 4.58. The number of quaternary nitrogens is 1. The molecule has 4 heteroatoms. The Balaban J connectivity index is 1.47. The number of amides is 1. The second-order valence-electron chi connectivity index (χ2n) is 6.29. The van der Waals surface area contributed by atoms with Crippen molar-refractivity contribution in [2.24, 2.45) is 0 Å². The van der Waals surface area contributed by atoms with E-state index in [0.29, 0.717) is 0 Å². The molecule has 25 heavy (non-hydrogen) atoms. The number of carbonyl (C=O) groups excluding carboxylic acids is 1. The predicted molar refractivity (Wildman–Crippen MR) is 99.9 cm³/mol. The van der Waals surface area contributed by atoms with Gasteiger partial charge >= 0.3 is 0 Å². The van der Waals surface area contributed by atoms with Gasteiger partial charge in [-0.25, -0.2) is 0 Å². The summed E-state index contributed by atoms with van der Waals surface area (Å²) in [5, 5.41) is 0. The zero-order chi connectivity index (χ0) is 17.5. The van der Waals surface area contributed by atoms with Crippen molar-refractivity contribution in [2.75, 3.05) is 39.8 Å². The number of methoxy groups -OCH3 is 1. The highest BCUT2D eigenvalue weighted by molar-refractivity contribution is 5.94. The van der Waals surface area contributed by atoms with E-state index in [4.69, 9.17) is 4.74 Å². The second-order valence-corrected chi connectivity index (χ2v) is 6.29. The smallest absolute Gasteiger partial charge is 0.254 e. The molecule has 130 valence electrons. The van der Waals surface area contributed by atoms with E-state index in [2.05, 4.69) is 36.4 Å². The third-order valence-corrected chi connectivity index (χ3v) is 4.61. The molecule has 0 bridgehead atoms. The highest BCUT2D eigenvalue weighted by atomic mass is 16.5. The first-order valence-electron chi connectivity index (χ1n) is 8.75. The summed E-state index contributed by atoms with van der Waals surface area (Å²) in [4.78, 5) is 16.0. The van der Waals surface area contributed by atoms with Gasteiger partial charge in [-0.15, -0.1) is 0 Å². The average Bonchev–Trinajstić information content (AvgIpc) is 2.69. The summed E-state index contributed by atoms with van der Waals surface area (Å²) < 4.78 is 5.14. The molecular weight excluding hydrogens is 312 g/mol. The molecule has 1 amide bonds. The molecule has 1 heterocycles. The quantitative estimate of drug-likeness (QED) is 0.902. The third kappa shape index (κ3) is 4.70. The first-order chi connectivity index (χ1) is 12.3. The third-order valence-electron chi connectivity index (χ3n) is 4.61. The lowest BCUT2D eigenvalue weighted by Gasteiger charge is -2.31. The molecular formula is C21H25N2O2+. The van der Waals surface area contributed by atoms with Gasteiger partial charge in [0.25, 0.3) is 5.91 Å². The Hall–Kier alpha value is -2.59. The molecule has 4 nitrogen and oxygen atoms in total. The highest BCUT2D eigenvalue weighted by Gasteiger charge is 2.23. The standard InChI is InChI=1S/C21H24N2O2/c1-25-20-11-9-19(10-12-20)21(24)23-16-14-22(15-17-23)13-5-8-18-6-3-2-4-7-18/h2-12H,13-17H2,1H3/p+1/b8-5+. The zero-order valence-corrected chi connectivity index (χ0v) is 14.7. The van der Waals surface area contributed by atoms with Gasteiger partial charge in [-0.1, -0.05) is 36.4 Å². The molecule has 2 aromatic rings. The largest absolute Gasteiger partial charge is 0.497 e. The number of nitrogens with zero attached hydrogens (tertiary/aromatic N) is 1. The Bertz CT molecular complexity index is 702. The monoisotopic (exact) mass is 337 g/mol. The highest BCUT2D eigenvalue weighted by Crippen LogP contribution is 2.13. The van der Waals surface area contributed by atoms with E-state index in [1.807, 2.05) is 35.2 Å². The van der Waals surface area contributed by atoms with Crippen molar-refractivity contribution < 1.29 is 14.4 Å². The van der Waals surface area contributed by atoms with Gasteiger partial charge in [0.1, 0.15) is 5.75 Å². The average molecular weight is 337 g/mol. The first-order valence-corrected chi connectivity index (χ1v) is 8.75. The molecule has 1 saturated heterocycles. The van der Waals surface area contributed by atoms with E-state index in [9.17, 15) is 4.79 Å². The molecule has 3 rings (SSSR count). The molecule has 0 saturated carbocycles. The fourth-order valence-corrected chi connectivity index (χ4v) is 3.07. The van der Waals surface area contributed by atoms with Crippen LogP contribution in [0.4, 0.5) is 0 Å². The van der Waals surface area contributed by atoms with Crippen LogP contribution in [-0.2, 0) is 0 Å². The molecule has 1 aliphatic heterocycles. The number of rotatable bonds is 5. The minimum absolute atomic E-state index is 0.113. The SMILES string of the molecule is COc1ccc(C(=O)N2CC[NH+](C/C=C/c3ccccc3)CC2)cc1. The van der Waals surface area contributed by atoms with Crippen LogP contribution in [-0.4, -0.2) is 50.6 Å². The number of hydrogen-bond acceptors (Lipinski definition) is 2. The van der Waals surface area contributed by atoms with Crippen LogP contribution < -0.4 is 9.64 Å². The predicted octanol–water partition coefficient (Wildman–Crippen LogP) is 1.75. The van der Waals surface area contributed by atoms with Crippen molar-refractivity contribution in [1.82, 2.24) is 4.90 Å². The summed E-state index contributed by atoms with van der Waals surface area (Å²) in [6, 6.07) is 17.7. The minimum atomic E-state index is 0.113. The second kappa shape index (κ2) is 8.49. The summed E-state index contributed by atoms with van der Waals surface area (Å²) in [5.41, 5.74) is 1.96. The van der Waals surface area contributed by atoms with Crippen LogP contribution in [0.1, 0.15) is 15.9 Å². The number of carbonyl (C=O) groups is 1. The molecule has 0 radical (unpaired) electrons. The Morgan fingerprint density at radius 1 is 1.08 bits per heavy atom. The topological polar surface area (TPSA) is 34.0 Å². The number of ether oxygens (including phenoxy) is 1. The van der Waals surface area contributed by atoms with Crippen LogP contribution in [0.3, 0.4) is 0 Å². The molecule has 1 aliphatic rings. The molecule has 0 spiro atoms. The van der Waals surface area contributed by atoms with E-state index in [1.165, 1.54) is 10.5 Å². The van der Waals surface area contributed by atoms with Gasteiger partial charge in [0, 0.05) is 5.56 Å². The lowest BCUT2D eigenvalue weighted by atomic mass is 10.1. The van der Waals surface area contributed by atoms with Gasteiger partial charge in [-0.2, -0.15) is 0 Å². The van der Waals surface area contributed by atoms with Gasteiger partial charge in [0.15, 0.2) is 0 Å². The van der Waals surface area contributed by atoms with Crippen LogP contribution in [0.2, 0.25) is 0 Å². The number of benzene rings is 2. The summed E-state index contributed by atoms with van der Waals surface area (Å²) >= 11 is 0. The van der Waals surface area contributed by atoms with E-state index in [-0.39, 0.29) is 5.91 Å². The van der Waals surface area contributed by atoms with Crippen molar-refractivity contribution >= 4 is 12.0 Å². The van der Waals surface area contributed by atoms with Crippen LogP contribution in [0.25, 0.3) is 6.08 Å². The lowest BCUT2D eigenvalue weighted by molar-refractivity contribution is -0.898. The summed E-state index contributed by atoms with van der Waals surface area (Å²) in [7, 11) is 1.63. The Kier molecular flexibility index (Phi) is 5.86. The van der Waals surface area contributed by atoms with Crippen molar-refractivity contribution in [1.29, 1.82) is 0 Å². The molecule has 0 unspecified atom stereocenters. The minimum Gasteiger partial charge on any atom is -0.497 e. The molecule has 0 aliphatic carbocycles. The number of hydrogen-bond donors (Lipinski definition) is 1. The number of nitrogens with one attached hydrogen (secondary N) is 1. The summed E-state index contributed by atoms with van der Waals surface area (Å²) in [5.74, 6) is 0.887. The maximum absolute atomic E-state index is 12.6. The lowest BCUT2D eigenvalue weighted by Crippen LogP contribution is -3.14. The molecule has 1 N–H and O–H groups in total. The van der Waals surface area contributed by atoms with E-state index >= 15 is 0 Å². The normalized spacial score (nSPS) is 15.5. The fraction of sp³-hybridized carbons (Fsp3) is 0.286. The van der Waals surface area contributed by atoms with Crippen LogP contribution in [0, 0.1) is 0 Å². The van der Waals surface area contributed by atoms with Gasteiger partial charge in [-0.3, -0.25) is 4.79 Å². The van der Waals surface area contributed by atoms with Crippen LogP contribution in [0.15, 0.2) is 60.7 Å². The van der Waals surface area contributed by atoms with Crippen LogP contribution >= 0.6 is 0 Å². The van der Waals surface area contributed by atoms with Gasteiger partial charge in [-0.05, 0) is 35.9 Å². The van der Waals surface area contributed by atoms with E-state index in [0.717, 1.165) is 44.0 Å². The van der Waals surface area contributed by atoms with Crippen molar-refractivity contribution in [3.05, 3.63) is 71.8 Å². The van der Waals surface area contributed by atoms with Gasteiger partial charge < -0.3 is 14.5 Å². The van der Waals surface area contributed by atoms with Crippen molar-refractivity contribution in [3.8, 4) is 5.75 Å². The molecule has 0 atom stereocenters. The molecule has 1 fully saturated rings. The first kappa shape index (κ1) is 17.2. The molecule has 2 aromatic carbocycles. The fourth-order valence-electron chi connectivity index (χ4n) is 3.07. The number of piperazine rings is 1. The summed E-state index contributed by atoms with van der Waals surface area (Å²) in [6.07, 6.45) is 4.40. The van der Waals surface area contributed by atoms with Gasteiger partial charge in [0.05, 0.1) is 39.8 Å². The van der Waals surface area contributed by atoms with Crippen molar-refractivity contribution in [2.45, 2.75) is 0 Å².